The molecule has 19 heavy (non-hydrogen) atoms. The number of aromatic nitrogens is 3. The van der Waals surface area contributed by atoms with Gasteiger partial charge in [-0.05, 0) is 30.0 Å². The fourth-order valence-corrected chi connectivity index (χ4v) is 2.65. The summed E-state index contributed by atoms with van der Waals surface area (Å²) in [7, 11) is 0. The zero-order chi connectivity index (χ0) is 13.2. The average Bonchev–Trinajstić information content (AvgIpc) is 2.83. The molecule has 1 aliphatic heterocycles. The maximum atomic E-state index is 9.21. The molecular weight excluding hydrogens is 262 g/mol. The number of hydrogen-bond donors (Lipinski definition) is 1. The minimum absolute atomic E-state index is 0.235. The van der Waals surface area contributed by atoms with Gasteiger partial charge in [0.15, 0.2) is 0 Å². The number of halogens is 1. The number of aliphatic hydroxyl groups excluding tert-OH is 1. The highest BCUT2D eigenvalue weighted by Crippen LogP contribution is 2.21. The van der Waals surface area contributed by atoms with Crippen molar-refractivity contribution in [3.63, 3.8) is 0 Å². The minimum Gasteiger partial charge on any atom is -0.396 e. The van der Waals surface area contributed by atoms with Gasteiger partial charge in [0.25, 0.3) is 0 Å². The molecule has 2 heterocycles. The second kappa shape index (κ2) is 5.31. The summed E-state index contributed by atoms with van der Waals surface area (Å²) in [6.45, 7) is 1.13. The van der Waals surface area contributed by atoms with Crippen molar-refractivity contribution >= 4 is 11.6 Å². The highest BCUT2D eigenvalue weighted by Gasteiger charge is 2.22. The van der Waals surface area contributed by atoms with Gasteiger partial charge >= 0.3 is 0 Å². The van der Waals surface area contributed by atoms with E-state index in [0.717, 1.165) is 42.5 Å². The molecule has 4 nitrogen and oxygen atoms in total. The van der Waals surface area contributed by atoms with Crippen LogP contribution in [0.4, 0.5) is 0 Å². The molecule has 1 N–H and O–H groups in total. The van der Waals surface area contributed by atoms with Gasteiger partial charge in [0.05, 0.1) is 0 Å². The molecule has 0 saturated carbocycles. The number of fused-ring (bicyclic) bond motifs is 1. The largest absolute Gasteiger partial charge is 0.396 e. The third-order valence-corrected chi connectivity index (χ3v) is 3.92. The lowest BCUT2D eigenvalue weighted by molar-refractivity contribution is 0.198. The number of aliphatic hydroxyl groups is 1. The van der Waals surface area contributed by atoms with E-state index in [1.165, 1.54) is 5.56 Å². The number of rotatable bonds is 3. The van der Waals surface area contributed by atoms with Crippen LogP contribution in [0.25, 0.3) is 0 Å². The van der Waals surface area contributed by atoms with Crippen LogP contribution >= 0.6 is 11.6 Å². The summed E-state index contributed by atoms with van der Waals surface area (Å²) in [4.78, 5) is 0. The van der Waals surface area contributed by atoms with Crippen molar-refractivity contribution in [3.05, 3.63) is 46.5 Å². The summed E-state index contributed by atoms with van der Waals surface area (Å²) in [5.74, 6) is 2.32. The van der Waals surface area contributed by atoms with E-state index in [0.29, 0.717) is 5.92 Å². The molecular formula is C14H16ClN3O. The molecule has 5 heteroatoms. The van der Waals surface area contributed by atoms with Gasteiger partial charge in [-0.15, -0.1) is 10.2 Å². The molecule has 0 spiro atoms. The van der Waals surface area contributed by atoms with Gasteiger partial charge in [-0.25, -0.2) is 0 Å². The molecule has 1 aromatic heterocycles. The van der Waals surface area contributed by atoms with Crippen LogP contribution in [0.5, 0.6) is 0 Å². The smallest absolute Gasteiger partial charge is 0.137 e. The average molecular weight is 278 g/mol. The zero-order valence-corrected chi connectivity index (χ0v) is 11.3. The summed E-state index contributed by atoms with van der Waals surface area (Å²) >= 11 is 5.88. The Bertz CT molecular complexity index is 565. The van der Waals surface area contributed by atoms with Crippen LogP contribution < -0.4 is 0 Å². The van der Waals surface area contributed by atoms with Gasteiger partial charge in [-0.1, -0.05) is 23.7 Å². The normalized spacial score (nSPS) is 18.3. The van der Waals surface area contributed by atoms with Crippen LogP contribution in [-0.2, 0) is 19.4 Å². The predicted octanol–water partition coefficient (Wildman–Crippen LogP) is 2.08. The van der Waals surface area contributed by atoms with E-state index in [1.54, 1.807) is 0 Å². The van der Waals surface area contributed by atoms with Crippen LogP contribution in [-0.4, -0.2) is 26.5 Å². The highest BCUT2D eigenvalue weighted by molar-refractivity contribution is 6.30. The Kier molecular flexibility index (Phi) is 3.53. The Morgan fingerprint density at radius 2 is 2.05 bits per heavy atom. The molecule has 0 amide bonds. The lowest BCUT2D eigenvalue weighted by Gasteiger charge is -2.21. The van der Waals surface area contributed by atoms with E-state index in [2.05, 4.69) is 14.8 Å². The Morgan fingerprint density at radius 3 is 2.79 bits per heavy atom. The summed E-state index contributed by atoms with van der Waals surface area (Å²) in [6, 6.07) is 7.82. The van der Waals surface area contributed by atoms with Crippen molar-refractivity contribution in [2.24, 2.45) is 5.92 Å². The molecule has 3 rings (SSSR count). The Hall–Kier alpha value is -1.39. The summed E-state index contributed by atoms with van der Waals surface area (Å²) in [5.41, 5.74) is 1.18. The Morgan fingerprint density at radius 1 is 1.26 bits per heavy atom. The third-order valence-electron chi connectivity index (χ3n) is 3.67. The minimum atomic E-state index is 0.235. The van der Waals surface area contributed by atoms with Crippen molar-refractivity contribution in [2.75, 3.05) is 6.61 Å². The van der Waals surface area contributed by atoms with E-state index in [1.807, 2.05) is 24.3 Å². The number of hydrogen-bond acceptors (Lipinski definition) is 3. The molecule has 0 aliphatic carbocycles. The van der Waals surface area contributed by atoms with Gasteiger partial charge in [-0.2, -0.15) is 0 Å². The van der Waals surface area contributed by atoms with E-state index in [4.69, 9.17) is 11.6 Å². The lowest BCUT2D eigenvalue weighted by atomic mass is 9.99. The molecule has 1 atom stereocenters. The SMILES string of the molecule is OCC1CCn2c(Cc3ccc(Cl)cc3)nnc2C1. The topological polar surface area (TPSA) is 50.9 Å². The molecule has 0 fully saturated rings. The zero-order valence-electron chi connectivity index (χ0n) is 10.6. The number of benzene rings is 1. The predicted molar refractivity (Wildman–Crippen MR) is 73.2 cm³/mol. The van der Waals surface area contributed by atoms with Crippen molar-refractivity contribution in [2.45, 2.75) is 25.8 Å². The maximum Gasteiger partial charge on any atom is 0.137 e. The highest BCUT2D eigenvalue weighted by atomic mass is 35.5. The molecule has 100 valence electrons. The first kappa shape index (κ1) is 12.6. The lowest BCUT2D eigenvalue weighted by Crippen LogP contribution is -2.23. The fourth-order valence-electron chi connectivity index (χ4n) is 2.52. The van der Waals surface area contributed by atoms with Crippen LogP contribution in [0.2, 0.25) is 5.02 Å². The maximum absolute atomic E-state index is 9.21. The second-order valence-corrected chi connectivity index (χ2v) is 5.47. The van der Waals surface area contributed by atoms with Crippen LogP contribution in [0.3, 0.4) is 0 Å². The summed E-state index contributed by atoms with van der Waals surface area (Å²) in [5, 5.41) is 18.5. The molecule has 0 bridgehead atoms. The molecule has 1 aromatic carbocycles. The van der Waals surface area contributed by atoms with E-state index >= 15 is 0 Å². The Labute approximate surface area is 117 Å². The van der Waals surface area contributed by atoms with Crippen molar-refractivity contribution in [1.82, 2.24) is 14.8 Å². The van der Waals surface area contributed by atoms with E-state index in [9.17, 15) is 5.11 Å². The van der Waals surface area contributed by atoms with Gasteiger partial charge in [-0.3, -0.25) is 0 Å². The van der Waals surface area contributed by atoms with Crippen LogP contribution in [0.15, 0.2) is 24.3 Å². The summed E-state index contributed by atoms with van der Waals surface area (Å²) < 4.78 is 2.18. The summed E-state index contributed by atoms with van der Waals surface area (Å²) in [6.07, 6.45) is 2.59. The number of nitrogens with zero attached hydrogens (tertiary/aromatic N) is 3. The van der Waals surface area contributed by atoms with Gasteiger partial charge in [0, 0.05) is 31.0 Å². The van der Waals surface area contributed by atoms with Crippen LogP contribution in [0.1, 0.15) is 23.6 Å². The fraction of sp³-hybridized carbons (Fsp3) is 0.429. The van der Waals surface area contributed by atoms with E-state index < -0.39 is 0 Å². The van der Waals surface area contributed by atoms with Gasteiger partial charge < -0.3 is 9.67 Å². The van der Waals surface area contributed by atoms with Crippen molar-refractivity contribution < 1.29 is 5.11 Å². The van der Waals surface area contributed by atoms with Crippen molar-refractivity contribution in [3.8, 4) is 0 Å². The van der Waals surface area contributed by atoms with Gasteiger partial charge in [0.1, 0.15) is 11.6 Å². The monoisotopic (exact) mass is 277 g/mol. The molecule has 1 unspecified atom stereocenters. The first-order valence-corrected chi connectivity index (χ1v) is 6.90. The first-order valence-electron chi connectivity index (χ1n) is 6.52. The van der Waals surface area contributed by atoms with Crippen LogP contribution in [0, 0.1) is 5.92 Å². The van der Waals surface area contributed by atoms with E-state index in [-0.39, 0.29) is 6.61 Å². The quantitative estimate of drug-likeness (QED) is 0.934. The molecule has 0 saturated heterocycles. The van der Waals surface area contributed by atoms with Crippen molar-refractivity contribution in [1.29, 1.82) is 0 Å². The molecule has 2 aromatic rings. The van der Waals surface area contributed by atoms with Gasteiger partial charge in [0.2, 0.25) is 0 Å². The molecule has 0 radical (unpaired) electrons. The second-order valence-electron chi connectivity index (χ2n) is 5.03. The Balaban J connectivity index is 1.80. The first-order chi connectivity index (χ1) is 9.26. The third kappa shape index (κ3) is 2.65. The standard InChI is InChI=1S/C14H16ClN3O/c15-12-3-1-10(2-4-12)7-13-16-17-14-8-11(9-19)5-6-18(13)14/h1-4,11,19H,5-9H2. The molecule has 1 aliphatic rings.